The summed E-state index contributed by atoms with van der Waals surface area (Å²) in [5.41, 5.74) is -3.73. The average Bonchev–Trinajstić information content (AvgIpc) is 2.84. The number of piperazine rings is 1. The van der Waals surface area contributed by atoms with Gasteiger partial charge in [0.25, 0.3) is 5.56 Å². The molecule has 3 heterocycles. The van der Waals surface area contributed by atoms with Crippen LogP contribution in [0.15, 0.2) is 23.4 Å². The van der Waals surface area contributed by atoms with Crippen LogP contribution in [0.1, 0.15) is 25.0 Å². The Balaban J connectivity index is 0.00000222. The molecule has 2 aromatic heterocycles. The molecule has 1 saturated heterocycles. The first kappa shape index (κ1) is 29.6. The highest BCUT2D eigenvalue weighted by molar-refractivity contribution is 7.97. The number of aromatic amines is 1. The van der Waals surface area contributed by atoms with Gasteiger partial charge in [-0.2, -0.15) is 31.4 Å². The molecule has 0 aliphatic carbocycles. The van der Waals surface area contributed by atoms with Gasteiger partial charge in [0, 0.05) is 44.3 Å². The van der Waals surface area contributed by atoms with E-state index in [4.69, 9.17) is 9.47 Å². The zero-order chi connectivity index (χ0) is 26.8. The number of anilines is 1. The van der Waals surface area contributed by atoms with Crippen LogP contribution in [0.25, 0.3) is 0 Å². The van der Waals surface area contributed by atoms with Crippen molar-refractivity contribution < 1.29 is 35.8 Å². The van der Waals surface area contributed by atoms with Crippen molar-refractivity contribution in [3.63, 3.8) is 0 Å². The molecule has 0 radical (unpaired) electrons. The van der Waals surface area contributed by atoms with Gasteiger partial charge in [-0.1, -0.05) is 25.8 Å². The first-order valence-electron chi connectivity index (χ1n) is 10.9. The van der Waals surface area contributed by atoms with Crippen molar-refractivity contribution in [2.24, 2.45) is 0 Å². The highest BCUT2D eigenvalue weighted by Gasteiger charge is 2.38. The van der Waals surface area contributed by atoms with E-state index in [1.54, 1.807) is 10.00 Å². The SMILES string of the molecule is CC.O=c1[nH]ncc(OCCOCCSN2CCN(c3ncc(C(F)(F)F)cn3)CC2)c1C(F)(F)F. The molecular weight excluding hydrogens is 518 g/mol. The van der Waals surface area contributed by atoms with Gasteiger partial charge in [0.05, 0.1) is 25.0 Å². The van der Waals surface area contributed by atoms with E-state index in [0.29, 0.717) is 38.5 Å². The Morgan fingerprint density at radius 1 is 0.944 bits per heavy atom. The molecule has 0 amide bonds. The zero-order valence-electron chi connectivity index (χ0n) is 19.5. The number of aromatic nitrogens is 4. The molecule has 0 saturated carbocycles. The van der Waals surface area contributed by atoms with Gasteiger partial charge in [-0.05, 0) is 0 Å². The number of alkyl halides is 6. The fourth-order valence-corrected chi connectivity index (χ4v) is 3.82. The fourth-order valence-electron chi connectivity index (χ4n) is 2.95. The summed E-state index contributed by atoms with van der Waals surface area (Å²) in [7, 11) is 0. The second-order valence-electron chi connectivity index (χ2n) is 6.92. The average molecular weight is 545 g/mol. The smallest absolute Gasteiger partial charge is 0.425 e. The number of nitrogens with zero attached hydrogens (tertiary/aromatic N) is 5. The van der Waals surface area contributed by atoms with E-state index in [2.05, 4.69) is 19.4 Å². The minimum atomic E-state index is -4.87. The highest BCUT2D eigenvalue weighted by Crippen LogP contribution is 2.32. The molecule has 202 valence electrons. The summed E-state index contributed by atoms with van der Waals surface area (Å²) in [6.45, 7) is 6.49. The number of rotatable bonds is 9. The van der Waals surface area contributed by atoms with Crippen molar-refractivity contribution in [2.75, 3.05) is 56.7 Å². The summed E-state index contributed by atoms with van der Waals surface area (Å²) < 4.78 is 89.0. The minimum Gasteiger partial charge on any atom is -0.489 e. The molecule has 36 heavy (non-hydrogen) atoms. The Hall–Kier alpha value is -2.59. The standard InChI is InChI=1S/C18H20F6N6O3S.C2H6/c19-17(20,21)12-9-25-16(26-10-12)29-1-3-30(4-2-29)34-8-7-32-5-6-33-13-11-27-28-15(31)14(13)18(22,23)24;1-2/h9-11H,1-8H2,(H,28,31);1-2H3. The molecule has 9 nitrogen and oxygen atoms in total. The molecule has 16 heteroatoms. The predicted octanol–water partition coefficient (Wildman–Crippen LogP) is 3.49. The molecule has 1 N–H and O–H groups in total. The van der Waals surface area contributed by atoms with E-state index in [1.165, 1.54) is 11.9 Å². The van der Waals surface area contributed by atoms with E-state index < -0.39 is 34.8 Å². The molecule has 0 atom stereocenters. The van der Waals surface area contributed by atoms with Gasteiger partial charge in [-0.15, -0.1) is 0 Å². The zero-order valence-corrected chi connectivity index (χ0v) is 20.3. The monoisotopic (exact) mass is 544 g/mol. The third-order valence-corrected chi connectivity index (χ3v) is 5.66. The minimum absolute atomic E-state index is 0.0176. The van der Waals surface area contributed by atoms with E-state index in [9.17, 15) is 31.1 Å². The topological polar surface area (TPSA) is 96.5 Å². The normalized spacial score (nSPS) is 14.8. The van der Waals surface area contributed by atoms with E-state index in [1.807, 2.05) is 13.8 Å². The second kappa shape index (κ2) is 13.6. The summed E-state index contributed by atoms with van der Waals surface area (Å²) in [5.74, 6) is 0.159. The van der Waals surface area contributed by atoms with E-state index in [0.717, 1.165) is 18.6 Å². The van der Waals surface area contributed by atoms with Crippen molar-refractivity contribution in [3.8, 4) is 5.75 Å². The maximum Gasteiger partial charge on any atom is 0.425 e. The van der Waals surface area contributed by atoms with Gasteiger partial charge in [-0.25, -0.2) is 19.4 Å². The lowest BCUT2D eigenvalue weighted by atomic mass is 10.3. The van der Waals surface area contributed by atoms with Gasteiger partial charge < -0.3 is 14.4 Å². The van der Waals surface area contributed by atoms with Crippen molar-refractivity contribution in [3.05, 3.63) is 40.1 Å². The van der Waals surface area contributed by atoms with Crippen LogP contribution in [0.5, 0.6) is 5.75 Å². The molecular formula is C20H26F6N6O3S. The summed E-state index contributed by atoms with van der Waals surface area (Å²) in [6.07, 6.45) is -7.03. The second-order valence-corrected chi connectivity index (χ2v) is 8.10. The lowest BCUT2D eigenvalue weighted by Crippen LogP contribution is -2.44. The molecule has 0 unspecified atom stereocenters. The number of hydrogen-bond donors (Lipinski definition) is 1. The first-order chi connectivity index (χ1) is 17.1. The van der Waals surface area contributed by atoms with E-state index in [-0.39, 0.29) is 19.2 Å². The third-order valence-electron chi connectivity index (χ3n) is 4.58. The maximum atomic E-state index is 12.9. The Bertz CT molecular complexity index is 982. The van der Waals surface area contributed by atoms with E-state index >= 15 is 0 Å². The summed E-state index contributed by atoms with van der Waals surface area (Å²) in [6, 6.07) is 0. The van der Waals surface area contributed by atoms with Gasteiger partial charge in [-0.3, -0.25) is 4.79 Å². The molecule has 3 rings (SSSR count). The van der Waals surface area contributed by atoms with Gasteiger partial charge in [0.2, 0.25) is 5.95 Å². The quantitative estimate of drug-likeness (QED) is 0.289. The highest BCUT2D eigenvalue weighted by atomic mass is 32.2. The van der Waals surface area contributed by atoms with Crippen molar-refractivity contribution in [1.29, 1.82) is 0 Å². The Kier molecular flexibility index (Phi) is 11.2. The third kappa shape index (κ3) is 8.81. The maximum absolute atomic E-state index is 12.9. The van der Waals surface area contributed by atoms with Crippen LogP contribution >= 0.6 is 11.9 Å². The summed E-state index contributed by atoms with van der Waals surface area (Å²) in [4.78, 5) is 20.7. The number of hydrogen-bond acceptors (Lipinski definition) is 9. The number of H-pyrrole nitrogens is 1. The Labute approximate surface area is 207 Å². The molecule has 1 aliphatic heterocycles. The molecule has 0 aromatic carbocycles. The fraction of sp³-hybridized carbons (Fsp3) is 0.600. The molecule has 0 spiro atoms. The van der Waals surface area contributed by atoms with Crippen LogP contribution < -0.4 is 15.2 Å². The van der Waals surface area contributed by atoms with Crippen molar-refractivity contribution in [1.82, 2.24) is 24.5 Å². The largest absolute Gasteiger partial charge is 0.489 e. The molecule has 1 fully saturated rings. The van der Waals surface area contributed by atoms with Crippen LogP contribution in [0, 0.1) is 0 Å². The molecule has 2 aromatic rings. The van der Waals surface area contributed by atoms with Crippen LogP contribution in [0.4, 0.5) is 32.3 Å². The number of ether oxygens (including phenoxy) is 2. The predicted molar refractivity (Wildman–Crippen MR) is 121 cm³/mol. The van der Waals surface area contributed by atoms with Crippen LogP contribution in [-0.4, -0.2) is 76.2 Å². The summed E-state index contributed by atoms with van der Waals surface area (Å²) in [5, 5.41) is 5.03. The van der Waals surface area contributed by atoms with Gasteiger partial charge in [0.15, 0.2) is 11.3 Å². The van der Waals surface area contributed by atoms with Crippen molar-refractivity contribution in [2.45, 2.75) is 26.2 Å². The van der Waals surface area contributed by atoms with Gasteiger partial charge in [0.1, 0.15) is 6.61 Å². The number of halogens is 6. The van der Waals surface area contributed by atoms with Crippen LogP contribution in [-0.2, 0) is 17.1 Å². The molecule has 0 bridgehead atoms. The van der Waals surface area contributed by atoms with Crippen LogP contribution in [0.2, 0.25) is 0 Å². The lowest BCUT2D eigenvalue weighted by Gasteiger charge is -2.33. The lowest BCUT2D eigenvalue weighted by molar-refractivity contribution is -0.140. The Morgan fingerprint density at radius 2 is 1.58 bits per heavy atom. The van der Waals surface area contributed by atoms with Crippen LogP contribution in [0.3, 0.4) is 0 Å². The van der Waals surface area contributed by atoms with Gasteiger partial charge >= 0.3 is 12.4 Å². The van der Waals surface area contributed by atoms with Crippen molar-refractivity contribution >= 4 is 17.9 Å². The Morgan fingerprint density at radius 3 is 2.17 bits per heavy atom. The first-order valence-corrected chi connectivity index (χ1v) is 11.9. The summed E-state index contributed by atoms with van der Waals surface area (Å²) >= 11 is 1.51. The number of nitrogens with one attached hydrogen (secondary N) is 1. The molecule has 1 aliphatic rings.